The van der Waals surface area contributed by atoms with Crippen LogP contribution in [0, 0.1) is 11.6 Å². The number of rotatable bonds is 6. The molecule has 0 fully saturated rings. The van der Waals surface area contributed by atoms with Crippen molar-refractivity contribution in [3.8, 4) is 28.1 Å². The van der Waals surface area contributed by atoms with Gasteiger partial charge in [-0.05, 0) is 58.2 Å². The number of pyridine rings is 1. The lowest BCUT2D eigenvalue weighted by Gasteiger charge is -2.16. The molecule has 1 atom stereocenters. The summed E-state index contributed by atoms with van der Waals surface area (Å²) in [5, 5.41) is 9.66. The molecule has 13 heteroatoms. The van der Waals surface area contributed by atoms with Crippen molar-refractivity contribution in [2.24, 2.45) is 0 Å². The van der Waals surface area contributed by atoms with Crippen molar-refractivity contribution in [2.45, 2.75) is 13.0 Å². The van der Waals surface area contributed by atoms with Crippen LogP contribution in [0.3, 0.4) is 0 Å². The van der Waals surface area contributed by atoms with E-state index in [4.69, 9.17) is 20.9 Å². The number of halogens is 3. The van der Waals surface area contributed by atoms with Crippen molar-refractivity contribution < 1.29 is 27.6 Å². The van der Waals surface area contributed by atoms with Crippen LogP contribution >= 0.6 is 22.9 Å². The van der Waals surface area contributed by atoms with Crippen LogP contribution in [-0.2, 0) is 0 Å². The number of benzene rings is 1. The predicted octanol–water partition coefficient (Wildman–Crippen LogP) is 5.11. The maximum absolute atomic E-state index is 15.0. The average molecular weight is 534 g/mol. The minimum atomic E-state index is -0.881. The molecule has 0 aliphatic rings. The van der Waals surface area contributed by atoms with Gasteiger partial charge in [-0.1, -0.05) is 11.6 Å². The molecule has 0 bridgehead atoms. The predicted molar refractivity (Wildman–Crippen MR) is 129 cm³/mol. The Hall–Kier alpha value is -4.03. The number of urea groups is 1. The Morgan fingerprint density at radius 3 is 2.61 bits per heavy atom. The lowest BCUT2D eigenvalue weighted by molar-refractivity contribution is 0.0898. The highest BCUT2D eigenvalue weighted by Crippen LogP contribution is 2.38. The lowest BCUT2D eigenvalue weighted by atomic mass is 9.96. The van der Waals surface area contributed by atoms with Gasteiger partial charge in [-0.3, -0.25) is 15.2 Å². The first-order valence-electron chi connectivity index (χ1n) is 10.3. The number of carbonyl (C=O) groups excluding carboxylic acids is 2. The summed E-state index contributed by atoms with van der Waals surface area (Å²) in [5.41, 5.74) is 5.76. The van der Waals surface area contributed by atoms with Gasteiger partial charge in [0.2, 0.25) is 5.76 Å². The molecule has 4 aromatic rings. The summed E-state index contributed by atoms with van der Waals surface area (Å²) in [4.78, 5) is 28.3. The molecule has 186 valence electrons. The molecule has 9 nitrogen and oxygen atoms in total. The summed E-state index contributed by atoms with van der Waals surface area (Å²) in [5.74, 6) is -2.15. The molecule has 3 heterocycles. The third-order valence-electron chi connectivity index (χ3n) is 5.01. The van der Waals surface area contributed by atoms with E-state index >= 15 is 4.39 Å². The zero-order valence-corrected chi connectivity index (χ0v) is 20.3. The Bertz CT molecular complexity index is 1410. The Morgan fingerprint density at radius 2 is 1.94 bits per heavy atom. The molecule has 3 amide bonds. The number of amides is 3. The third kappa shape index (κ3) is 5.44. The molecule has 1 aromatic carbocycles. The largest absolute Gasteiger partial charge is 0.479 e. The first kappa shape index (κ1) is 25.1. The fourth-order valence-corrected chi connectivity index (χ4v) is 4.21. The number of ether oxygens (including phenoxy) is 1. The molecule has 0 saturated carbocycles. The highest BCUT2D eigenvalue weighted by molar-refractivity contribution is 7.08. The van der Waals surface area contributed by atoms with Gasteiger partial charge in [0.25, 0.3) is 5.88 Å². The van der Waals surface area contributed by atoms with Crippen LogP contribution in [0.2, 0.25) is 5.02 Å². The maximum Gasteiger partial charge on any atom is 0.334 e. The van der Waals surface area contributed by atoms with E-state index in [1.54, 1.807) is 16.8 Å². The molecule has 0 spiro atoms. The molecule has 3 N–H and O–H groups in total. The van der Waals surface area contributed by atoms with Crippen LogP contribution in [0.25, 0.3) is 22.3 Å². The minimum Gasteiger partial charge on any atom is -0.479 e. The van der Waals surface area contributed by atoms with Gasteiger partial charge in [-0.2, -0.15) is 11.3 Å². The minimum absolute atomic E-state index is 0.0696. The number of thiophene rings is 1. The summed E-state index contributed by atoms with van der Waals surface area (Å²) >= 11 is 7.46. The standard InChI is InChI=1S/C23H18ClF2N5O4S/c1-11(28-23(33)30-29-22(32)18-8-19(34-2)31-35-18)21-17(26)5-13(9-27-21)15-6-14(24)7-16(25)20(15)12-3-4-36-10-12/h3-11H,1-2H3,(H,29,32)(H2,28,30,33). The van der Waals surface area contributed by atoms with Gasteiger partial charge in [0.05, 0.1) is 24.9 Å². The monoisotopic (exact) mass is 533 g/mol. The van der Waals surface area contributed by atoms with Crippen LogP contribution in [0.1, 0.15) is 29.2 Å². The van der Waals surface area contributed by atoms with E-state index < -0.39 is 29.6 Å². The van der Waals surface area contributed by atoms with E-state index in [1.165, 1.54) is 55.8 Å². The number of nitrogens with one attached hydrogen (secondary N) is 3. The topological polar surface area (TPSA) is 118 Å². The molecular weight excluding hydrogens is 516 g/mol. The van der Waals surface area contributed by atoms with Crippen molar-refractivity contribution in [1.29, 1.82) is 0 Å². The van der Waals surface area contributed by atoms with Gasteiger partial charge < -0.3 is 14.6 Å². The SMILES string of the molecule is COc1cc(C(=O)NNC(=O)NC(C)c2ncc(-c3cc(Cl)cc(F)c3-c3ccsc3)cc2F)on1. The van der Waals surface area contributed by atoms with Crippen LogP contribution in [0.15, 0.2) is 51.8 Å². The number of hydrazine groups is 1. The van der Waals surface area contributed by atoms with E-state index in [1.807, 2.05) is 0 Å². The smallest absolute Gasteiger partial charge is 0.334 e. The van der Waals surface area contributed by atoms with Crippen LogP contribution < -0.4 is 20.9 Å². The molecule has 0 radical (unpaired) electrons. The summed E-state index contributed by atoms with van der Waals surface area (Å²) < 4.78 is 39.4. The number of aromatic nitrogens is 2. The van der Waals surface area contributed by atoms with Gasteiger partial charge >= 0.3 is 11.9 Å². The Balaban J connectivity index is 1.47. The Morgan fingerprint density at radius 1 is 1.14 bits per heavy atom. The molecule has 0 aliphatic heterocycles. The van der Waals surface area contributed by atoms with Crippen LogP contribution in [-0.4, -0.2) is 29.2 Å². The first-order valence-corrected chi connectivity index (χ1v) is 11.6. The average Bonchev–Trinajstić information content (AvgIpc) is 3.54. The van der Waals surface area contributed by atoms with Crippen molar-refractivity contribution in [1.82, 2.24) is 26.3 Å². The molecule has 4 rings (SSSR count). The number of methoxy groups -OCH3 is 1. The van der Waals surface area contributed by atoms with Gasteiger partial charge in [0.15, 0.2) is 0 Å². The fraction of sp³-hybridized carbons (Fsp3) is 0.130. The summed E-state index contributed by atoms with van der Waals surface area (Å²) in [6.45, 7) is 1.50. The van der Waals surface area contributed by atoms with E-state index in [-0.39, 0.29) is 27.9 Å². The zero-order valence-electron chi connectivity index (χ0n) is 18.8. The number of nitrogens with zero attached hydrogens (tertiary/aromatic N) is 2. The van der Waals surface area contributed by atoms with E-state index in [9.17, 15) is 14.0 Å². The summed E-state index contributed by atoms with van der Waals surface area (Å²) in [7, 11) is 1.35. The normalized spacial score (nSPS) is 11.6. The number of hydrogen-bond acceptors (Lipinski definition) is 7. The molecule has 0 aliphatic carbocycles. The first-order chi connectivity index (χ1) is 17.3. The second-order valence-corrected chi connectivity index (χ2v) is 8.64. The maximum atomic E-state index is 15.0. The number of hydrogen-bond donors (Lipinski definition) is 3. The fourth-order valence-electron chi connectivity index (χ4n) is 3.35. The molecule has 1 unspecified atom stereocenters. The van der Waals surface area contributed by atoms with Gasteiger partial charge in [0.1, 0.15) is 11.6 Å². The molecule has 0 saturated heterocycles. The highest BCUT2D eigenvalue weighted by Gasteiger charge is 2.20. The third-order valence-corrected chi connectivity index (χ3v) is 5.92. The second kappa shape index (κ2) is 10.7. The van der Waals surface area contributed by atoms with E-state index in [0.717, 1.165) is 0 Å². The summed E-state index contributed by atoms with van der Waals surface area (Å²) in [6, 6.07) is 5.19. The molecule has 36 heavy (non-hydrogen) atoms. The van der Waals surface area contributed by atoms with Crippen LogP contribution in [0.4, 0.5) is 13.6 Å². The van der Waals surface area contributed by atoms with Gasteiger partial charge in [-0.15, -0.1) is 0 Å². The van der Waals surface area contributed by atoms with Crippen molar-refractivity contribution in [2.75, 3.05) is 7.11 Å². The number of carbonyl (C=O) groups is 2. The highest BCUT2D eigenvalue weighted by atomic mass is 35.5. The van der Waals surface area contributed by atoms with Crippen molar-refractivity contribution in [3.63, 3.8) is 0 Å². The Kier molecular flexibility index (Phi) is 7.46. The Labute approximate surface area is 212 Å². The van der Waals surface area contributed by atoms with Crippen LogP contribution in [0.5, 0.6) is 5.88 Å². The summed E-state index contributed by atoms with van der Waals surface area (Å²) in [6.07, 6.45) is 1.37. The molecular formula is C23H18ClF2N5O4S. The van der Waals surface area contributed by atoms with E-state index in [2.05, 4.69) is 26.3 Å². The quantitative estimate of drug-likeness (QED) is 0.296. The van der Waals surface area contributed by atoms with Gasteiger partial charge in [0, 0.05) is 22.3 Å². The van der Waals surface area contributed by atoms with Crippen molar-refractivity contribution >= 4 is 34.9 Å². The van der Waals surface area contributed by atoms with Gasteiger partial charge in [-0.25, -0.2) is 19.0 Å². The van der Waals surface area contributed by atoms with Crippen molar-refractivity contribution in [3.05, 3.63) is 75.4 Å². The molecule has 3 aromatic heterocycles. The zero-order chi connectivity index (χ0) is 25.8. The van der Waals surface area contributed by atoms with E-state index in [0.29, 0.717) is 16.7 Å². The second-order valence-electron chi connectivity index (χ2n) is 7.42. The lowest BCUT2D eigenvalue weighted by Crippen LogP contribution is -2.47.